The van der Waals surface area contributed by atoms with Crippen molar-refractivity contribution >= 4 is 17.9 Å². The van der Waals surface area contributed by atoms with Gasteiger partial charge in [-0.05, 0) is 20.8 Å². The standard InChI is InChI=1S/C11H15N3O5/c1-11(2,3)19-10(17)14-7-6(8(15)18-4)5-12-9(16)13-7/h5H,1-4H3,(H2,12,13,14,16,17). The molecule has 0 fully saturated rings. The second kappa shape index (κ2) is 5.51. The van der Waals surface area contributed by atoms with Crippen LogP contribution in [0.3, 0.4) is 0 Å². The number of H-pyrrole nitrogens is 1. The zero-order valence-electron chi connectivity index (χ0n) is 11.1. The molecule has 8 heteroatoms. The van der Waals surface area contributed by atoms with Gasteiger partial charge in [-0.3, -0.25) is 10.3 Å². The summed E-state index contributed by atoms with van der Waals surface area (Å²) < 4.78 is 9.51. The molecule has 2 N–H and O–H groups in total. The molecule has 1 aromatic heterocycles. The third-order valence-electron chi connectivity index (χ3n) is 1.84. The molecule has 19 heavy (non-hydrogen) atoms. The molecule has 0 aromatic carbocycles. The van der Waals surface area contributed by atoms with E-state index in [4.69, 9.17) is 4.74 Å². The van der Waals surface area contributed by atoms with Gasteiger partial charge >= 0.3 is 17.8 Å². The van der Waals surface area contributed by atoms with Gasteiger partial charge in [0, 0.05) is 0 Å². The molecule has 1 aromatic rings. The average molecular weight is 269 g/mol. The third-order valence-corrected chi connectivity index (χ3v) is 1.84. The Labute approximate surface area is 109 Å². The number of rotatable bonds is 2. The molecule has 1 heterocycles. The number of ether oxygens (including phenoxy) is 2. The Morgan fingerprint density at radius 3 is 2.53 bits per heavy atom. The maximum atomic E-state index is 11.6. The van der Waals surface area contributed by atoms with Gasteiger partial charge in [-0.2, -0.15) is 0 Å². The van der Waals surface area contributed by atoms with Crippen molar-refractivity contribution in [3.05, 3.63) is 22.2 Å². The van der Waals surface area contributed by atoms with Gasteiger partial charge < -0.3 is 9.47 Å². The first-order chi connectivity index (χ1) is 8.73. The second-order valence-electron chi connectivity index (χ2n) is 4.60. The van der Waals surface area contributed by atoms with Crippen LogP contribution in [0, 0.1) is 0 Å². The number of esters is 1. The number of methoxy groups -OCH3 is 1. The highest BCUT2D eigenvalue weighted by Crippen LogP contribution is 2.13. The van der Waals surface area contributed by atoms with Crippen molar-refractivity contribution in [1.82, 2.24) is 9.97 Å². The molecule has 0 aliphatic carbocycles. The molecule has 1 rings (SSSR count). The molecular formula is C11H15N3O5. The van der Waals surface area contributed by atoms with E-state index in [9.17, 15) is 14.4 Å². The summed E-state index contributed by atoms with van der Waals surface area (Å²) in [6.07, 6.45) is 0.205. The SMILES string of the molecule is COC(=O)c1cnc(=O)[nH]c1NC(=O)OC(C)(C)C. The van der Waals surface area contributed by atoms with Crippen molar-refractivity contribution < 1.29 is 19.1 Å². The van der Waals surface area contributed by atoms with E-state index in [1.807, 2.05) is 0 Å². The Morgan fingerprint density at radius 2 is 2.00 bits per heavy atom. The van der Waals surface area contributed by atoms with Gasteiger partial charge in [-0.25, -0.2) is 19.4 Å². The molecular weight excluding hydrogens is 254 g/mol. The molecule has 1 amide bonds. The summed E-state index contributed by atoms with van der Waals surface area (Å²) in [6, 6.07) is 0. The summed E-state index contributed by atoms with van der Waals surface area (Å²) in [5, 5.41) is 2.27. The minimum atomic E-state index is -0.806. The molecule has 0 atom stereocenters. The number of anilines is 1. The highest BCUT2D eigenvalue weighted by molar-refractivity contribution is 5.98. The lowest BCUT2D eigenvalue weighted by Gasteiger charge is -2.19. The van der Waals surface area contributed by atoms with E-state index in [0.717, 1.165) is 6.20 Å². The van der Waals surface area contributed by atoms with Crippen LogP contribution in [0.1, 0.15) is 31.1 Å². The van der Waals surface area contributed by atoms with Crippen molar-refractivity contribution in [2.24, 2.45) is 0 Å². The topological polar surface area (TPSA) is 110 Å². The zero-order chi connectivity index (χ0) is 14.6. The number of hydrogen-bond donors (Lipinski definition) is 2. The Hall–Kier alpha value is -2.38. The number of amides is 1. The van der Waals surface area contributed by atoms with Gasteiger partial charge in [-0.15, -0.1) is 0 Å². The van der Waals surface area contributed by atoms with Gasteiger partial charge in [0.2, 0.25) is 0 Å². The fourth-order valence-corrected chi connectivity index (χ4v) is 1.16. The maximum Gasteiger partial charge on any atom is 0.413 e. The zero-order valence-corrected chi connectivity index (χ0v) is 11.1. The van der Waals surface area contributed by atoms with Crippen LogP contribution in [-0.4, -0.2) is 34.7 Å². The number of nitrogens with zero attached hydrogens (tertiary/aromatic N) is 1. The molecule has 0 bridgehead atoms. The first-order valence-corrected chi connectivity index (χ1v) is 5.40. The number of nitrogens with one attached hydrogen (secondary N) is 2. The van der Waals surface area contributed by atoms with Crippen LogP contribution in [0.4, 0.5) is 10.6 Å². The van der Waals surface area contributed by atoms with Crippen LogP contribution >= 0.6 is 0 Å². The summed E-state index contributed by atoms with van der Waals surface area (Å²) in [6.45, 7) is 5.05. The molecule has 0 radical (unpaired) electrons. The number of carbonyl (C=O) groups excluding carboxylic acids is 2. The number of hydrogen-bond acceptors (Lipinski definition) is 6. The van der Waals surface area contributed by atoms with E-state index in [-0.39, 0.29) is 11.4 Å². The predicted molar refractivity (Wildman–Crippen MR) is 66.1 cm³/mol. The highest BCUT2D eigenvalue weighted by atomic mass is 16.6. The molecule has 0 unspecified atom stereocenters. The predicted octanol–water partition coefficient (Wildman–Crippen LogP) is 0.903. The van der Waals surface area contributed by atoms with Gasteiger partial charge in [-0.1, -0.05) is 0 Å². The molecule has 0 saturated heterocycles. The van der Waals surface area contributed by atoms with Crippen LogP contribution in [0.25, 0.3) is 0 Å². The lowest BCUT2D eigenvalue weighted by molar-refractivity contribution is 0.0601. The largest absolute Gasteiger partial charge is 0.465 e. The molecule has 0 saturated carbocycles. The molecule has 0 aliphatic rings. The monoisotopic (exact) mass is 269 g/mol. The van der Waals surface area contributed by atoms with E-state index < -0.39 is 23.4 Å². The smallest absolute Gasteiger partial charge is 0.413 e. The first kappa shape index (κ1) is 14.7. The molecule has 0 spiro atoms. The van der Waals surface area contributed by atoms with Crippen molar-refractivity contribution in [3.8, 4) is 0 Å². The number of aromatic amines is 1. The summed E-state index contributed by atoms with van der Waals surface area (Å²) in [7, 11) is 1.17. The Kier molecular flexibility index (Phi) is 4.26. The van der Waals surface area contributed by atoms with Crippen molar-refractivity contribution in [1.29, 1.82) is 0 Å². The van der Waals surface area contributed by atoms with E-state index in [1.165, 1.54) is 7.11 Å². The second-order valence-corrected chi connectivity index (χ2v) is 4.60. The average Bonchev–Trinajstić information content (AvgIpc) is 2.25. The van der Waals surface area contributed by atoms with Crippen molar-refractivity contribution in [3.63, 3.8) is 0 Å². The van der Waals surface area contributed by atoms with Crippen LogP contribution < -0.4 is 11.0 Å². The quantitative estimate of drug-likeness (QED) is 0.772. The normalized spacial score (nSPS) is 10.7. The number of aromatic nitrogens is 2. The third kappa shape index (κ3) is 4.41. The Balaban J connectivity index is 2.99. The van der Waals surface area contributed by atoms with Gasteiger partial charge in [0.25, 0.3) is 0 Å². The lowest BCUT2D eigenvalue weighted by Crippen LogP contribution is -2.29. The highest BCUT2D eigenvalue weighted by Gasteiger charge is 2.20. The maximum absolute atomic E-state index is 11.6. The molecule has 0 aliphatic heterocycles. The molecule has 8 nitrogen and oxygen atoms in total. The van der Waals surface area contributed by atoms with Gasteiger partial charge in [0.15, 0.2) is 0 Å². The summed E-state index contributed by atoms with van der Waals surface area (Å²) in [4.78, 5) is 39.7. The summed E-state index contributed by atoms with van der Waals surface area (Å²) in [5.74, 6) is -0.865. The minimum absolute atomic E-state index is 0.0760. The first-order valence-electron chi connectivity index (χ1n) is 5.40. The van der Waals surface area contributed by atoms with Gasteiger partial charge in [0.05, 0.1) is 13.3 Å². The van der Waals surface area contributed by atoms with Crippen molar-refractivity contribution in [2.45, 2.75) is 26.4 Å². The van der Waals surface area contributed by atoms with E-state index in [1.54, 1.807) is 20.8 Å². The lowest BCUT2D eigenvalue weighted by atomic mass is 10.2. The van der Waals surface area contributed by atoms with Gasteiger partial charge in [0.1, 0.15) is 17.0 Å². The fourth-order valence-electron chi connectivity index (χ4n) is 1.16. The number of carbonyl (C=O) groups is 2. The minimum Gasteiger partial charge on any atom is -0.465 e. The summed E-state index contributed by atoms with van der Waals surface area (Å²) >= 11 is 0. The summed E-state index contributed by atoms with van der Waals surface area (Å²) in [5.41, 5.74) is -1.49. The van der Waals surface area contributed by atoms with Crippen molar-refractivity contribution in [2.75, 3.05) is 12.4 Å². The fraction of sp³-hybridized carbons (Fsp3) is 0.455. The van der Waals surface area contributed by atoms with Crippen LogP contribution in [0.5, 0.6) is 0 Å². The van der Waals surface area contributed by atoms with Crippen LogP contribution in [0.2, 0.25) is 0 Å². The van der Waals surface area contributed by atoms with E-state index in [2.05, 4.69) is 20.0 Å². The van der Waals surface area contributed by atoms with Crippen LogP contribution in [-0.2, 0) is 9.47 Å². The van der Waals surface area contributed by atoms with E-state index >= 15 is 0 Å². The van der Waals surface area contributed by atoms with Crippen LogP contribution in [0.15, 0.2) is 11.0 Å². The van der Waals surface area contributed by atoms with E-state index in [0.29, 0.717) is 0 Å². The molecule has 104 valence electrons. The Morgan fingerprint density at radius 1 is 1.37 bits per heavy atom. The Bertz CT molecular complexity index is 544.